The van der Waals surface area contributed by atoms with Crippen LogP contribution in [-0.4, -0.2) is 56.8 Å². The number of nitrogens with zero attached hydrogens (tertiary/aromatic N) is 2. The van der Waals surface area contributed by atoms with Gasteiger partial charge in [-0.2, -0.15) is 0 Å². The van der Waals surface area contributed by atoms with Gasteiger partial charge in [-0.15, -0.1) is 0 Å². The van der Waals surface area contributed by atoms with Crippen LogP contribution in [0.3, 0.4) is 0 Å². The molecule has 0 aliphatic rings. The second-order valence-corrected chi connectivity index (χ2v) is 7.81. The first kappa shape index (κ1) is 18.0. The Labute approximate surface area is 132 Å². The van der Waals surface area contributed by atoms with Crippen LogP contribution in [-0.2, 0) is 10.0 Å². The van der Waals surface area contributed by atoms with Crippen molar-refractivity contribution in [2.75, 3.05) is 34.2 Å². The van der Waals surface area contributed by atoms with E-state index in [1.54, 1.807) is 32.2 Å². The highest BCUT2D eigenvalue weighted by molar-refractivity contribution is 7.89. The molecule has 1 rings (SSSR count). The van der Waals surface area contributed by atoms with Gasteiger partial charge in [0.25, 0.3) is 0 Å². The van der Waals surface area contributed by atoms with Gasteiger partial charge < -0.3 is 10.6 Å². The van der Waals surface area contributed by atoms with E-state index >= 15 is 0 Å². The number of benzene rings is 1. The number of nitrogens with two attached hydrogens (primary N) is 1. The van der Waals surface area contributed by atoms with Gasteiger partial charge in [0.15, 0.2) is 0 Å². The fourth-order valence-corrected chi connectivity index (χ4v) is 3.51. The summed E-state index contributed by atoms with van der Waals surface area (Å²) in [6, 6.07) is 4.84. The summed E-state index contributed by atoms with van der Waals surface area (Å²) >= 11 is 4.93. The van der Waals surface area contributed by atoms with Crippen LogP contribution >= 0.6 is 12.2 Å². The molecule has 0 unspecified atom stereocenters. The summed E-state index contributed by atoms with van der Waals surface area (Å²) in [5, 5.41) is 0. The molecule has 2 N–H and O–H groups in total. The molecule has 1 aromatic rings. The quantitative estimate of drug-likeness (QED) is 0.762. The summed E-state index contributed by atoms with van der Waals surface area (Å²) < 4.78 is 26.4. The van der Waals surface area contributed by atoms with Crippen molar-refractivity contribution in [1.82, 2.24) is 9.21 Å². The summed E-state index contributed by atoms with van der Waals surface area (Å²) in [6.07, 6.45) is 0.784. The minimum absolute atomic E-state index is 0.271. The molecule has 5 nitrogen and oxygen atoms in total. The maximum absolute atomic E-state index is 12.5. The van der Waals surface area contributed by atoms with E-state index in [0.717, 1.165) is 18.5 Å². The van der Waals surface area contributed by atoms with E-state index in [9.17, 15) is 8.42 Å². The summed E-state index contributed by atoms with van der Waals surface area (Å²) in [5.74, 6) is 0. The molecule has 0 saturated carbocycles. The van der Waals surface area contributed by atoms with Gasteiger partial charge in [-0.1, -0.05) is 18.3 Å². The Morgan fingerprint density at radius 2 is 1.86 bits per heavy atom. The van der Waals surface area contributed by atoms with Crippen LogP contribution in [0, 0.1) is 6.92 Å². The van der Waals surface area contributed by atoms with Crippen molar-refractivity contribution in [2.24, 2.45) is 5.73 Å². The number of hydrogen-bond acceptors (Lipinski definition) is 4. The Kier molecular flexibility index (Phi) is 6.27. The molecular formula is C14H23N3O2S2. The van der Waals surface area contributed by atoms with E-state index in [0.29, 0.717) is 12.1 Å². The van der Waals surface area contributed by atoms with Crippen molar-refractivity contribution in [2.45, 2.75) is 18.2 Å². The molecule has 0 aromatic heterocycles. The molecule has 0 fully saturated rings. The first-order valence-electron chi connectivity index (χ1n) is 6.67. The first-order valence-corrected chi connectivity index (χ1v) is 8.52. The summed E-state index contributed by atoms with van der Waals surface area (Å²) in [4.78, 5) is 2.57. The highest BCUT2D eigenvalue weighted by atomic mass is 32.2. The minimum atomic E-state index is -3.47. The lowest BCUT2D eigenvalue weighted by atomic mass is 10.1. The Bertz CT molecular complexity index is 613. The molecule has 0 spiro atoms. The van der Waals surface area contributed by atoms with Crippen molar-refractivity contribution in [1.29, 1.82) is 0 Å². The van der Waals surface area contributed by atoms with Gasteiger partial charge >= 0.3 is 0 Å². The van der Waals surface area contributed by atoms with Crippen LogP contribution in [0.2, 0.25) is 0 Å². The van der Waals surface area contributed by atoms with Crippen LogP contribution in [0.25, 0.3) is 0 Å². The fourth-order valence-electron chi connectivity index (χ4n) is 1.98. The molecule has 0 atom stereocenters. The van der Waals surface area contributed by atoms with Gasteiger partial charge in [-0.25, -0.2) is 12.7 Å². The van der Waals surface area contributed by atoms with Crippen molar-refractivity contribution < 1.29 is 8.42 Å². The number of rotatable bonds is 7. The van der Waals surface area contributed by atoms with Crippen LogP contribution in [0.4, 0.5) is 0 Å². The van der Waals surface area contributed by atoms with E-state index in [1.807, 2.05) is 19.0 Å². The average Bonchev–Trinajstić information content (AvgIpc) is 2.37. The topological polar surface area (TPSA) is 66.6 Å². The molecule has 0 heterocycles. The molecule has 0 aliphatic carbocycles. The number of hydrogen-bond donors (Lipinski definition) is 1. The van der Waals surface area contributed by atoms with Gasteiger partial charge in [0.2, 0.25) is 10.0 Å². The molecule has 21 heavy (non-hydrogen) atoms. The highest BCUT2D eigenvalue weighted by Crippen LogP contribution is 2.19. The molecule has 0 aliphatic heterocycles. The predicted molar refractivity (Wildman–Crippen MR) is 90.1 cm³/mol. The normalized spacial score (nSPS) is 12.1. The third-order valence-electron chi connectivity index (χ3n) is 3.25. The summed E-state index contributed by atoms with van der Waals surface area (Å²) in [6.45, 7) is 3.13. The van der Waals surface area contributed by atoms with Gasteiger partial charge in [0, 0.05) is 19.2 Å². The van der Waals surface area contributed by atoms with Gasteiger partial charge in [0.1, 0.15) is 4.99 Å². The second kappa shape index (κ2) is 7.31. The zero-order chi connectivity index (χ0) is 16.2. The monoisotopic (exact) mass is 329 g/mol. The summed E-state index contributed by atoms with van der Waals surface area (Å²) in [7, 11) is 2.06. The average molecular weight is 329 g/mol. The van der Waals surface area contributed by atoms with Crippen LogP contribution in [0.1, 0.15) is 17.5 Å². The zero-order valence-corrected chi connectivity index (χ0v) is 14.6. The lowest BCUT2D eigenvalue weighted by molar-refractivity contribution is 0.370. The van der Waals surface area contributed by atoms with Crippen molar-refractivity contribution in [3.63, 3.8) is 0 Å². The van der Waals surface area contributed by atoms with E-state index in [-0.39, 0.29) is 9.88 Å². The predicted octanol–water partition coefficient (Wildman–Crippen LogP) is 1.20. The number of thiocarbonyl (C=S) groups is 1. The van der Waals surface area contributed by atoms with Crippen LogP contribution < -0.4 is 5.73 Å². The third kappa shape index (κ3) is 4.74. The molecular weight excluding hydrogens is 306 g/mol. The number of sulfonamides is 1. The van der Waals surface area contributed by atoms with Gasteiger partial charge in [-0.3, -0.25) is 0 Å². The highest BCUT2D eigenvalue weighted by Gasteiger charge is 2.21. The zero-order valence-electron chi connectivity index (χ0n) is 13.0. The maximum Gasteiger partial charge on any atom is 0.242 e. The first-order chi connectivity index (χ1) is 9.66. The molecule has 118 valence electrons. The van der Waals surface area contributed by atoms with E-state index in [2.05, 4.69) is 0 Å². The van der Waals surface area contributed by atoms with E-state index in [1.165, 1.54) is 4.31 Å². The SMILES string of the molecule is Cc1cc(S(=O)(=O)N(C)CCCN(C)C)ccc1C(N)=S. The van der Waals surface area contributed by atoms with Crippen molar-refractivity contribution in [3.05, 3.63) is 29.3 Å². The Balaban J connectivity index is 2.92. The molecule has 0 amide bonds. The Morgan fingerprint density at radius 3 is 2.33 bits per heavy atom. The maximum atomic E-state index is 12.5. The van der Waals surface area contributed by atoms with Crippen LogP contribution in [0.15, 0.2) is 23.1 Å². The van der Waals surface area contributed by atoms with E-state index in [4.69, 9.17) is 18.0 Å². The Hall–Kier alpha value is -1.02. The summed E-state index contributed by atoms with van der Waals surface area (Å²) in [5.41, 5.74) is 7.07. The molecule has 7 heteroatoms. The van der Waals surface area contributed by atoms with Crippen LogP contribution in [0.5, 0.6) is 0 Å². The molecule has 1 aromatic carbocycles. The fraction of sp³-hybridized carbons (Fsp3) is 0.500. The molecule has 0 saturated heterocycles. The lowest BCUT2D eigenvalue weighted by Crippen LogP contribution is -2.30. The second-order valence-electron chi connectivity index (χ2n) is 5.32. The molecule has 0 bridgehead atoms. The molecule has 0 radical (unpaired) electrons. The van der Waals surface area contributed by atoms with Crippen molar-refractivity contribution >= 4 is 27.2 Å². The Morgan fingerprint density at radius 1 is 1.24 bits per heavy atom. The third-order valence-corrected chi connectivity index (χ3v) is 5.32. The van der Waals surface area contributed by atoms with Gasteiger partial charge in [-0.05, 0) is 51.7 Å². The minimum Gasteiger partial charge on any atom is -0.389 e. The standard InChI is InChI=1S/C14H23N3O2S2/c1-11-10-12(6-7-13(11)14(15)20)21(18,19)17(4)9-5-8-16(2)3/h6-7,10H,5,8-9H2,1-4H3,(H2,15,20). The number of aryl methyl sites for hydroxylation is 1. The van der Waals surface area contributed by atoms with E-state index < -0.39 is 10.0 Å². The van der Waals surface area contributed by atoms with Gasteiger partial charge in [0.05, 0.1) is 4.90 Å². The smallest absolute Gasteiger partial charge is 0.242 e. The van der Waals surface area contributed by atoms with Crippen molar-refractivity contribution in [3.8, 4) is 0 Å². The lowest BCUT2D eigenvalue weighted by Gasteiger charge is -2.19. The largest absolute Gasteiger partial charge is 0.389 e.